The maximum absolute atomic E-state index is 11.8. The van der Waals surface area contributed by atoms with E-state index in [1.165, 1.54) is 31.2 Å². The lowest BCUT2D eigenvalue weighted by Crippen LogP contribution is -2.39. The van der Waals surface area contributed by atoms with Crippen molar-refractivity contribution < 1.29 is 4.79 Å². The van der Waals surface area contributed by atoms with Gasteiger partial charge in [0, 0.05) is 29.4 Å². The number of halogens is 2. The van der Waals surface area contributed by atoms with Gasteiger partial charge in [-0.1, -0.05) is 40.9 Å². The second-order valence-corrected chi connectivity index (χ2v) is 6.54. The molecule has 5 heteroatoms. The van der Waals surface area contributed by atoms with Crippen molar-refractivity contribution in [3.05, 3.63) is 34.3 Å². The third-order valence-electron chi connectivity index (χ3n) is 4.24. The average Bonchev–Trinajstić information content (AvgIpc) is 2.93. The van der Waals surface area contributed by atoms with Crippen LogP contribution < -0.4 is 10.6 Å². The van der Waals surface area contributed by atoms with Gasteiger partial charge in [0.15, 0.2) is 0 Å². The Hall–Kier alpha value is -0.580. The minimum absolute atomic E-state index is 0. The van der Waals surface area contributed by atoms with Crippen molar-refractivity contribution in [1.82, 2.24) is 10.6 Å². The van der Waals surface area contributed by atoms with Crippen LogP contribution in [0.2, 0.25) is 0 Å². The molecular weight excluding hydrogens is 352 g/mol. The van der Waals surface area contributed by atoms with Gasteiger partial charge >= 0.3 is 0 Å². The van der Waals surface area contributed by atoms with Gasteiger partial charge in [0.25, 0.3) is 0 Å². The number of benzene rings is 1. The number of carbonyl (C=O) groups is 1. The van der Waals surface area contributed by atoms with Crippen molar-refractivity contribution in [3.63, 3.8) is 0 Å². The molecule has 1 saturated carbocycles. The maximum atomic E-state index is 11.8. The van der Waals surface area contributed by atoms with Crippen LogP contribution in [0.1, 0.15) is 37.7 Å². The summed E-state index contributed by atoms with van der Waals surface area (Å²) in [6.07, 6.45) is 5.39. The molecule has 2 N–H and O–H groups in total. The lowest BCUT2D eigenvalue weighted by atomic mass is 9.79. The largest absolute Gasteiger partial charge is 0.355 e. The standard InChI is InChI=1S/C16H23BrN2O.ClH/c1-18-11-8-15(20)19-12-16(9-2-3-10-16)13-4-6-14(17)7-5-13;/h4-7,18H,2-3,8-12H2,1H3,(H,19,20);1H. The maximum Gasteiger partial charge on any atom is 0.221 e. The number of nitrogens with one attached hydrogen (secondary N) is 2. The van der Waals surface area contributed by atoms with Gasteiger partial charge in [-0.2, -0.15) is 0 Å². The summed E-state index contributed by atoms with van der Waals surface area (Å²) in [5.41, 5.74) is 1.49. The Morgan fingerprint density at radius 1 is 1.24 bits per heavy atom. The Labute approximate surface area is 141 Å². The number of rotatable bonds is 6. The fourth-order valence-corrected chi connectivity index (χ4v) is 3.28. The van der Waals surface area contributed by atoms with Gasteiger partial charge in [-0.3, -0.25) is 4.79 Å². The molecule has 1 aromatic rings. The first-order valence-corrected chi connectivity index (χ1v) is 8.13. The summed E-state index contributed by atoms with van der Waals surface area (Å²) in [7, 11) is 1.87. The van der Waals surface area contributed by atoms with E-state index < -0.39 is 0 Å². The monoisotopic (exact) mass is 374 g/mol. The van der Waals surface area contributed by atoms with Crippen LogP contribution in [0.5, 0.6) is 0 Å². The predicted octanol–water partition coefficient (Wildman–Crippen LogP) is 3.41. The van der Waals surface area contributed by atoms with E-state index in [2.05, 4.69) is 50.8 Å². The summed E-state index contributed by atoms with van der Waals surface area (Å²) >= 11 is 3.49. The van der Waals surface area contributed by atoms with Crippen LogP contribution in [0, 0.1) is 0 Å². The number of hydrogen-bond acceptors (Lipinski definition) is 2. The fourth-order valence-electron chi connectivity index (χ4n) is 3.02. The molecule has 2 rings (SSSR count). The molecule has 1 fully saturated rings. The quantitative estimate of drug-likeness (QED) is 0.800. The molecule has 1 aliphatic rings. The Bertz CT molecular complexity index is 444. The van der Waals surface area contributed by atoms with Crippen LogP contribution >= 0.6 is 28.3 Å². The van der Waals surface area contributed by atoms with Crippen LogP contribution in [0.25, 0.3) is 0 Å². The van der Waals surface area contributed by atoms with Crippen molar-refractivity contribution in [2.75, 3.05) is 20.1 Å². The smallest absolute Gasteiger partial charge is 0.221 e. The minimum atomic E-state index is 0. The van der Waals surface area contributed by atoms with Crippen molar-refractivity contribution in [3.8, 4) is 0 Å². The zero-order chi connectivity index (χ0) is 14.4. The highest BCUT2D eigenvalue weighted by molar-refractivity contribution is 9.10. The molecule has 0 aromatic heterocycles. The van der Waals surface area contributed by atoms with E-state index in [1.54, 1.807) is 0 Å². The number of hydrogen-bond donors (Lipinski definition) is 2. The van der Waals surface area contributed by atoms with E-state index in [4.69, 9.17) is 0 Å². The van der Waals surface area contributed by atoms with Gasteiger partial charge in [0.2, 0.25) is 5.91 Å². The van der Waals surface area contributed by atoms with Crippen LogP contribution in [-0.4, -0.2) is 26.0 Å². The molecule has 118 valence electrons. The van der Waals surface area contributed by atoms with E-state index in [0.29, 0.717) is 6.42 Å². The molecule has 21 heavy (non-hydrogen) atoms. The lowest BCUT2D eigenvalue weighted by Gasteiger charge is -2.30. The summed E-state index contributed by atoms with van der Waals surface area (Å²) in [4.78, 5) is 11.8. The molecule has 1 aromatic carbocycles. The summed E-state index contributed by atoms with van der Waals surface area (Å²) in [6.45, 7) is 1.49. The van der Waals surface area contributed by atoms with Gasteiger partial charge in [-0.25, -0.2) is 0 Å². The molecule has 1 amide bonds. The highest BCUT2D eigenvalue weighted by Gasteiger charge is 2.35. The van der Waals surface area contributed by atoms with E-state index in [0.717, 1.165) is 17.6 Å². The van der Waals surface area contributed by atoms with Gasteiger partial charge in [0.1, 0.15) is 0 Å². The highest BCUT2D eigenvalue weighted by atomic mass is 79.9. The Balaban J connectivity index is 0.00000220. The van der Waals surface area contributed by atoms with E-state index in [1.807, 2.05) is 7.05 Å². The number of carbonyl (C=O) groups excluding carboxylic acids is 1. The Morgan fingerprint density at radius 3 is 2.43 bits per heavy atom. The second kappa shape index (κ2) is 8.76. The van der Waals surface area contributed by atoms with Gasteiger partial charge in [-0.05, 0) is 37.6 Å². The lowest BCUT2D eigenvalue weighted by molar-refractivity contribution is -0.121. The summed E-state index contributed by atoms with van der Waals surface area (Å²) < 4.78 is 1.10. The normalized spacial score (nSPS) is 16.3. The molecule has 0 atom stereocenters. The second-order valence-electron chi connectivity index (χ2n) is 5.62. The minimum Gasteiger partial charge on any atom is -0.355 e. The summed E-state index contributed by atoms with van der Waals surface area (Å²) in [5, 5.41) is 6.13. The van der Waals surface area contributed by atoms with Gasteiger partial charge in [-0.15, -0.1) is 12.4 Å². The SMILES string of the molecule is CNCCC(=O)NCC1(c2ccc(Br)cc2)CCCC1.Cl. The first-order valence-electron chi connectivity index (χ1n) is 7.34. The van der Waals surface area contributed by atoms with Crippen molar-refractivity contribution in [1.29, 1.82) is 0 Å². The van der Waals surface area contributed by atoms with E-state index >= 15 is 0 Å². The molecule has 0 aliphatic heterocycles. The van der Waals surface area contributed by atoms with Crippen LogP contribution in [0.3, 0.4) is 0 Å². The predicted molar refractivity (Wildman–Crippen MR) is 93.1 cm³/mol. The van der Waals surface area contributed by atoms with Crippen LogP contribution in [0.4, 0.5) is 0 Å². The van der Waals surface area contributed by atoms with Gasteiger partial charge < -0.3 is 10.6 Å². The van der Waals surface area contributed by atoms with Crippen molar-refractivity contribution >= 4 is 34.2 Å². The number of amides is 1. The van der Waals surface area contributed by atoms with Gasteiger partial charge in [0.05, 0.1) is 0 Å². The fraction of sp³-hybridized carbons (Fsp3) is 0.562. The molecule has 0 radical (unpaired) electrons. The molecule has 0 heterocycles. The molecular formula is C16H24BrClN2O. The molecule has 0 unspecified atom stereocenters. The van der Waals surface area contributed by atoms with Crippen LogP contribution in [0.15, 0.2) is 28.7 Å². The molecule has 0 saturated heterocycles. The Morgan fingerprint density at radius 2 is 1.86 bits per heavy atom. The van der Waals surface area contributed by atoms with Crippen molar-refractivity contribution in [2.24, 2.45) is 0 Å². The molecule has 0 spiro atoms. The zero-order valence-electron chi connectivity index (χ0n) is 12.5. The Kier molecular flexibility index (Phi) is 7.71. The summed E-state index contributed by atoms with van der Waals surface area (Å²) in [5.74, 6) is 0.141. The topological polar surface area (TPSA) is 41.1 Å². The summed E-state index contributed by atoms with van der Waals surface area (Å²) in [6, 6.07) is 8.57. The van der Waals surface area contributed by atoms with E-state index in [-0.39, 0.29) is 23.7 Å². The highest BCUT2D eigenvalue weighted by Crippen LogP contribution is 2.40. The molecule has 1 aliphatic carbocycles. The first-order chi connectivity index (χ1) is 9.66. The average molecular weight is 376 g/mol. The third-order valence-corrected chi connectivity index (χ3v) is 4.77. The van der Waals surface area contributed by atoms with E-state index in [9.17, 15) is 4.79 Å². The third kappa shape index (κ3) is 4.97. The molecule has 3 nitrogen and oxygen atoms in total. The first kappa shape index (κ1) is 18.5. The molecule has 0 bridgehead atoms. The van der Waals surface area contributed by atoms with Crippen molar-refractivity contribution in [2.45, 2.75) is 37.5 Å². The zero-order valence-corrected chi connectivity index (χ0v) is 14.9. The van der Waals surface area contributed by atoms with Crippen LogP contribution in [-0.2, 0) is 10.2 Å².